The van der Waals surface area contributed by atoms with Crippen LogP contribution in [0.2, 0.25) is 0 Å². The molecule has 4 heteroatoms. The van der Waals surface area contributed by atoms with Crippen LogP contribution in [-0.4, -0.2) is 7.11 Å². The number of hydrogen-bond donors (Lipinski definition) is 1. The third-order valence-corrected chi connectivity index (χ3v) is 3.58. The number of hydrogen-bond acceptors (Lipinski definition) is 3. The molecule has 0 amide bonds. The van der Waals surface area contributed by atoms with Gasteiger partial charge in [0.1, 0.15) is 0 Å². The van der Waals surface area contributed by atoms with Crippen LogP contribution in [0.1, 0.15) is 5.56 Å². The van der Waals surface area contributed by atoms with E-state index in [2.05, 4.69) is 0 Å². The summed E-state index contributed by atoms with van der Waals surface area (Å²) in [5, 5.41) is 0. The van der Waals surface area contributed by atoms with Crippen molar-refractivity contribution in [2.75, 3.05) is 7.11 Å². The summed E-state index contributed by atoms with van der Waals surface area (Å²) in [5.74, 6) is -0.0634. The van der Waals surface area contributed by atoms with E-state index in [1.54, 1.807) is 18.2 Å². The van der Waals surface area contributed by atoms with E-state index in [1.807, 2.05) is 24.3 Å². The van der Waals surface area contributed by atoms with Gasteiger partial charge in [-0.1, -0.05) is 30.0 Å². The summed E-state index contributed by atoms with van der Waals surface area (Å²) < 4.78 is 18.9. The molecule has 0 atom stereocenters. The number of halogens is 1. The Balaban J connectivity index is 2.22. The molecular weight excluding hydrogens is 249 g/mol. The molecule has 0 unspecified atom stereocenters. The number of benzene rings is 2. The minimum absolute atomic E-state index is 0.263. The Morgan fingerprint density at radius 2 is 1.89 bits per heavy atom. The molecule has 0 aliphatic heterocycles. The molecule has 0 aromatic heterocycles. The standard InChI is InChI=1S/C14H14FNOS/c1-17-12-3-2-4-13(14(12)15)18-11-7-5-10(9-16)6-8-11/h2-8H,9,16H2,1H3. The average Bonchev–Trinajstić information content (AvgIpc) is 2.42. The van der Waals surface area contributed by atoms with E-state index in [0.29, 0.717) is 11.4 Å². The minimum atomic E-state index is -0.326. The van der Waals surface area contributed by atoms with Crippen molar-refractivity contribution in [3.8, 4) is 5.75 Å². The van der Waals surface area contributed by atoms with Crippen molar-refractivity contribution in [3.05, 3.63) is 53.8 Å². The van der Waals surface area contributed by atoms with E-state index >= 15 is 0 Å². The van der Waals surface area contributed by atoms with Crippen LogP contribution in [0.15, 0.2) is 52.3 Å². The van der Waals surface area contributed by atoms with Gasteiger partial charge in [-0.15, -0.1) is 0 Å². The van der Waals surface area contributed by atoms with Gasteiger partial charge < -0.3 is 10.5 Å². The molecule has 0 heterocycles. The summed E-state index contributed by atoms with van der Waals surface area (Å²) in [5.41, 5.74) is 6.59. The van der Waals surface area contributed by atoms with E-state index in [0.717, 1.165) is 10.5 Å². The Hall–Kier alpha value is -1.52. The van der Waals surface area contributed by atoms with Gasteiger partial charge in [0.05, 0.1) is 12.0 Å². The largest absolute Gasteiger partial charge is 0.494 e. The van der Waals surface area contributed by atoms with Gasteiger partial charge in [-0.25, -0.2) is 4.39 Å². The zero-order chi connectivity index (χ0) is 13.0. The van der Waals surface area contributed by atoms with Crippen molar-refractivity contribution in [1.29, 1.82) is 0 Å². The van der Waals surface area contributed by atoms with Crippen LogP contribution in [0, 0.1) is 5.82 Å². The molecule has 0 aliphatic carbocycles. The van der Waals surface area contributed by atoms with Crippen molar-refractivity contribution in [3.63, 3.8) is 0 Å². The van der Waals surface area contributed by atoms with Crippen molar-refractivity contribution >= 4 is 11.8 Å². The second-order valence-corrected chi connectivity index (χ2v) is 4.84. The summed E-state index contributed by atoms with van der Waals surface area (Å²) in [7, 11) is 1.46. The molecule has 2 nitrogen and oxygen atoms in total. The minimum Gasteiger partial charge on any atom is -0.494 e. The maximum atomic E-state index is 13.9. The first-order valence-electron chi connectivity index (χ1n) is 5.54. The second kappa shape index (κ2) is 5.89. The van der Waals surface area contributed by atoms with E-state index in [9.17, 15) is 4.39 Å². The Kier molecular flexibility index (Phi) is 4.23. The monoisotopic (exact) mass is 263 g/mol. The number of ether oxygens (including phenoxy) is 1. The van der Waals surface area contributed by atoms with Gasteiger partial charge in [-0.05, 0) is 29.8 Å². The van der Waals surface area contributed by atoms with E-state index in [4.69, 9.17) is 10.5 Å². The topological polar surface area (TPSA) is 35.2 Å². The van der Waals surface area contributed by atoms with Crippen LogP contribution < -0.4 is 10.5 Å². The zero-order valence-electron chi connectivity index (χ0n) is 10.0. The second-order valence-electron chi connectivity index (χ2n) is 3.72. The van der Waals surface area contributed by atoms with Crippen molar-refractivity contribution in [1.82, 2.24) is 0 Å². The fourth-order valence-electron chi connectivity index (χ4n) is 1.55. The SMILES string of the molecule is COc1cccc(Sc2ccc(CN)cc2)c1F. The molecule has 0 fully saturated rings. The van der Waals surface area contributed by atoms with Crippen molar-refractivity contribution in [2.45, 2.75) is 16.3 Å². The molecule has 0 saturated carbocycles. The smallest absolute Gasteiger partial charge is 0.178 e. The fourth-order valence-corrected chi connectivity index (χ4v) is 2.41. The van der Waals surface area contributed by atoms with Gasteiger partial charge in [-0.2, -0.15) is 0 Å². The zero-order valence-corrected chi connectivity index (χ0v) is 10.8. The highest BCUT2D eigenvalue weighted by Crippen LogP contribution is 2.33. The van der Waals surface area contributed by atoms with Gasteiger partial charge >= 0.3 is 0 Å². The van der Waals surface area contributed by atoms with Crippen LogP contribution in [0.25, 0.3) is 0 Å². The van der Waals surface area contributed by atoms with Gasteiger partial charge in [0.2, 0.25) is 0 Å². The Bertz CT molecular complexity index is 528. The van der Waals surface area contributed by atoms with Gasteiger partial charge in [-0.3, -0.25) is 0 Å². The maximum Gasteiger partial charge on any atom is 0.178 e. The van der Waals surface area contributed by atoms with Crippen LogP contribution in [0.4, 0.5) is 4.39 Å². The summed E-state index contributed by atoms with van der Waals surface area (Å²) in [6, 6.07) is 12.9. The number of nitrogens with two attached hydrogens (primary N) is 1. The third-order valence-electron chi connectivity index (χ3n) is 2.53. The molecule has 2 aromatic carbocycles. The number of rotatable bonds is 4. The molecule has 0 bridgehead atoms. The Labute approximate surface area is 110 Å². The lowest BCUT2D eigenvalue weighted by molar-refractivity contribution is 0.381. The first kappa shape index (κ1) is 12.9. The molecule has 18 heavy (non-hydrogen) atoms. The highest BCUT2D eigenvalue weighted by atomic mass is 32.2. The quantitative estimate of drug-likeness (QED) is 0.917. The maximum absolute atomic E-state index is 13.9. The number of methoxy groups -OCH3 is 1. The predicted molar refractivity (Wildman–Crippen MR) is 71.4 cm³/mol. The van der Waals surface area contributed by atoms with E-state index < -0.39 is 0 Å². The van der Waals surface area contributed by atoms with Gasteiger partial charge in [0.15, 0.2) is 11.6 Å². The molecule has 2 aromatic rings. The summed E-state index contributed by atoms with van der Waals surface area (Å²) in [6.07, 6.45) is 0. The van der Waals surface area contributed by atoms with Gasteiger partial charge in [0.25, 0.3) is 0 Å². The first-order chi connectivity index (χ1) is 8.74. The summed E-state index contributed by atoms with van der Waals surface area (Å²) in [6.45, 7) is 0.512. The Morgan fingerprint density at radius 3 is 2.50 bits per heavy atom. The lowest BCUT2D eigenvalue weighted by Gasteiger charge is -2.07. The normalized spacial score (nSPS) is 10.4. The predicted octanol–water partition coefficient (Wildman–Crippen LogP) is 3.44. The highest BCUT2D eigenvalue weighted by Gasteiger charge is 2.09. The molecule has 0 spiro atoms. The van der Waals surface area contributed by atoms with Crippen LogP contribution >= 0.6 is 11.8 Å². The summed E-state index contributed by atoms with van der Waals surface area (Å²) in [4.78, 5) is 1.52. The van der Waals surface area contributed by atoms with Crippen LogP contribution in [-0.2, 0) is 6.54 Å². The molecule has 94 valence electrons. The van der Waals surface area contributed by atoms with Crippen LogP contribution in [0.5, 0.6) is 5.75 Å². The molecular formula is C14H14FNOS. The molecule has 0 aliphatic rings. The lowest BCUT2D eigenvalue weighted by atomic mass is 10.2. The first-order valence-corrected chi connectivity index (χ1v) is 6.35. The third kappa shape index (κ3) is 2.83. The summed E-state index contributed by atoms with van der Waals surface area (Å²) >= 11 is 1.37. The highest BCUT2D eigenvalue weighted by molar-refractivity contribution is 7.99. The van der Waals surface area contributed by atoms with E-state index in [-0.39, 0.29) is 11.6 Å². The van der Waals surface area contributed by atoms with Crippen LogP contribution in [0.3, 0.4) is 0 Å². The molecule has 2 rings (SSSR count). The molecule has 0 radical (unpaired) electrons. The Morgan fingerprint density at radius 1 is 1.17 bits per heavy atom. The average molecular weight is 263 g/mol. The van der Waals surface area contributed by atoms with Crippen molar-refractivity contribution < 1.29 is 9.13 Å². The molecule has 0 saturated heterocycles. The fraction of sp³-hybridized carbons (Fsp3) is 0.143. The lowest BCUT2D eigenvalue weighted by Crippen LogP contribution is -1.95. The van der Waals surface area contributed by atoms with Gasteiger partial charge in [0, 0.05) is 11.4 Å². The van der Waals surface area contributed by atoms with E-state index in [1.165, 1.54) is 18.9 Å². The van der Waals surface area contributed by atoms with Crippen molar-refractivity contribution in [2.24, 2.45) is 5.73 Å². The molecule has 2 N–H and O–H groups in total.